The number of hydrogen-bond donors (Lipinski definition) is 1. The molecule has 1 amide bonds. The summed E-state index contributed by atoms with van der Waals surface area (Å²) in [7, 11) is -3.36. The minimum absolute atomic E-state index is 0.173. The van der Waals surface area contributed by atoms with Crippen LogP contribution in [0.15, 0.2) is 48.5 Å². The molecule has 1 heterocycles. The zero-order chi connectivity index (χ0) is 27.2. The van der Waals surface area contributed by atoms with Gasteiger partial charge in [0.1, 0.15) is 11.6 Å². The number of nitrogens with one attached hydrogen (secondary N) is 1. The largest absolute Gasteiger partial charge is 0.466 e. The van der Waals surface area contributed by atoms with Gasteiger partial charge >= 0.3 is 22.3 Å². The first-order valence-corrected chi connectivity index (χ1v) is 13.3. The van der Waals surface area contributed by atoms with Gasteiger partial charge in [0.2, 0.25) is 6.10 Å². The average molecular weight is 540 g/mol. The molecule has 1 N–H and O–H groups in total. The first kappa shape index (κ1) is 28.3. The molecule has 2 aromatic carbocycles. The van der Waals surface area contributed by atoms with Gasteiger partial charge in [-0.15, -0.1) is 0 Å². The molecule has 0 radical (unpaired) electrons. The first-order valence-electron chi connectivity index (χ1n) is 11.8. The summed E-state index contributed by atoms with van der Waals surface area (Å²) in [5.74, 6) is -2.13. The van der Waals surface area contributed by atoms with Crippen LogP contribution in [0.4, 0.5) is 19.3 Å². The molecule has 1 atom stereocenters. The van der Waals surface area contributed by atoms with Gasteiger partial charge in [0.15, 0.2) is 0 Å². The third kappa shape index (κ3) is 7.62. The number of carbonyl (C=O) groups is 2. The molecule has 1 fully saturated rings. The van der Waals surface area contributed by atoms with Crippen LogP contribution in [0.5, 0.6) is 0 Å². The Morgan fingerprint density at radius 3 is 2.08 bits per heavy atom. The topological polar surface area (TPSA) is 105 Å². The van der Waals surface area contributed by atoms with Gasteiger partial charge in [-0.2, -0.15) is 8.42 Å². The van der Waals surface area contributed by atoms with Gasteiger partial charge in [0, 0.05) is 31.6 Å². The number of esters is 1. The van der Waals surface area contributed by atoms with Crippen LogP contribution in [-0.4, -0.2) is 57.7 Å². The molecule has 0 bridgehead atoms. The molecule has 9 nitrogen and oxygen atoms in total. The van der Waals surface area contributed by atoms with E-state index in [4.69, 9.17) is 4.74 Å². The van der Waals surface area contributed by atoms with Gasteiger partial charge in [0.05, 0.1) is 12.8 Å². The molecule has 1 saturated heterocycles. The third-order valence-corrected chi connectivity index (χ3v) is 7.49. The van der Waals surface area contributed by atoms with E-state index in [9.17, 15) is 26.8 Å². The van der Waals surface area contributed by atoms with Crippen molar-refractivity contribution in [3.05, 3.63) is 65.7 Å². The highest BCUT2D eigenvalue weighted by molar-refractivity contribution is 7.91. The maximum atomic E-state index is 13.6. The van der Waals surface area contributed by atoms with Crippen LogP contribution in [0.3, 0.4) is 0 Å². The lowest BCUT2D eigenvalue weighted by Crippen LogP contribution is -2.53. The fourth-order valence-electron chi connectivity index (χ4n) is 4.16. The predicted octanol–water partition coefficient (Wildman–Crippen LogP) is 3.60. The fourth-order valence-corrected chi connectivity index (χ4v) is 5.52. The Balaban J connectivity index is 1.76. The van der Waals surface area contributed by atoms with Crippen molar-refractivity contribution in [3.63, 3.8) is 0 Å². The van der Waals surface area contributed by atoms with Crippen LogP contribution in [0, 0.1) is 17.6 Å². The lowest BCUT2D eigenvalue weighted by molar-refractivity contribution is -0.152. The van der Waals surface area contributed by atoms with Gasteiger partial charge in [-0.05, 0) is 54.8 Å². The first-order chi connectivity index (χ1) is 17.5. The molecule has 1 aliphatic heterocycles. The summed E-state index contributed by atoms with van der Waals surface area (Å²) in [6, 6.07) is 10.5. The van der Waals surface area contributed by atoms with Crippen LogP contribution in [0.2, 0.25) is 0 Å². The molecule has 0 aromatic heterocycles. The second kappa shape index (κ2) is 12.3. The van der Waals surface area contributed by atoms with Crippen molar-refractivity contribution < 1.29 is 36.3 Å². The van der Waals surface area contributed by atoms with E-state index in [0.717, 1.165) is 29.1 Å². The van der Waals surface area contributed by atoms with Gasteiger partial charge in [-0.3, -0.25) is 9.21 Å². The Hall–Kier alpha value is -3.25. The zero-order valence-corrected chi connectivity index (χ0v) is 21.7. The predicted molar refractivity (Wildman–Crippen MR) is 133 cm³/mol. The van der Waals surface area contributed by atoms with Crippen molar-refractivity contribution in [1.29, 1.82) is 0 Å². The number of ether oxygens (including phenoxy) is 2. The summed E-state index contributed by atoms with van der Waals surface area (Å²) in [6.45, 7) is 4.89. The molecular weight excluding hydrogens is 508 g/mol. The number of halogens is 2. The van der Waals surface area contributed by atoms with E-state index in [1.807, 2.05) is 4.72 Å². The zero-order valence-electron chi connectivity index (χ0n) is 20.9. The number of benzene rings is 2. The van der Waals surface area contributed by atoms with Crippen molar-refractivity contribution in [2.45, 2.75) is 45.4 Å². The summed E-state index contributed by atoms with van der Waals surface area (Å²) >= 11 is 0. The maximum Gasteiger partial charge on any atom is 0.423 e. The Kier molecular flexibility index (Phi) is 9.44. The monoisotopic (exact) mass is 539 g/mol. The number of hydrogen-bond acceptors (Lipinski definition) is 7. The molecule has 0 spiro atoms. The van der Waals surface area contributed by atoms with E-state index < -0.39 is 46.2 Å². The SMILES string of the molecule is COC(=O)[C@@H](OC(=O)NS(=O)(=O)N(c1ccc(F)cc1)C1CCN(Cc2ccc(F)cc2)CC1)C(C)C. The molecular formula is C25H31F2N3O6S. The van der Waals surface area contributed by atoms with E-state index in [-0.39, 0.29) is 11.5 Å². The normalized spacial score (nSPS) is 15.7. The number of methoxy groups -OCH3 is 1. The molecule has 202 valence electrons. The number of amides is 1. The number of anilines is 1. The number of carbonyl (C=O) groups excluding carboxylic acids is 2. The number of nitrogens with zero attached hydrogens (tertiary/aromatic N) is 2. The fraction of sp³-hybridized carbons (Fsp3) is 0.440. The van der Waals surface area contributed by atoms with Crippen LogP contribution < -0.4 is 9.03 Å². The average Bonchev–Trinajstić information content (AvgIpc) is 2.85. The lowest BCUT2D eigenvalue weighted by atomic mass is 10.0. The Morgan fingerprint density at radius 2 is 1.57 bits per heavy atom. The van der Waals surface area contributed by atoms with E-state index in [2.05, 4.69) is 9.64 Å². The van der Waals surface area contributed by atoms with Gasteiger partial charge in [-0.25, -0.2) is 23.1 Å². The van der Waals surface area contributed by atoms with E-state index >= 15 is 0 Å². The van der Waals surface area contributed by atoms with Crippen LogP contribution >= 0.6 is 0 Å². The Bertz CT molecular complexity index is 1170. The van der Waals surface area contributed by atoms with Gasteiger partial charge < -0.3 is 9.47 Å². The molecule has 37 heavy (non-hydrogen) atoms. The van der Waals surface area contributed by atoms with Crippen LogP contribution in [0.1, 0.15) is 32.3 Å². The Morgan fingerprint density at radius 1 is 1.03 bits per heavy atom. The standard InChI is InChI=1S/C25H31F2N3O6S/c1-17(2)23(24(31)35-3)36-25(32)28-37(33,34)30(21-10-8-20(27)9-11-21)22-12-14-29(15-13-22)16-18-4-6-19(26)7-5-18/h4-11,17,22-23H,12-16H2,1-3H3,(H,28,32)/t23-/m0/s1. The second-order valence-corrected chi connectivity index (χ2v) is 10.7. The molecule has 3 rings (SSSR count). The van der Waals surface area contributed by atoms with Crippen LogP contribution in [0.25, 0.3) is 0 Å². The van der Waals surface area contributed by atoms with Crippen molar-refractivity contribution in [1.82, 2.24) is 9.62 Å². The Labute approximate surface area is 215 Å². The van der Waals surface area contributed by atoms with Crippen molar-refractivity contribution in [2.75, 3.05) is 24.5 Å². The van der Waals surface area contributed by atoms with E-state index in [0.29, 0.717) is 32.5 Å². The summed E-state index contributed by atoms with van der Waals surface area (Å²) in [5, 5.41) is 0. The molecule has 0 aliphatic carbocycles. The highest BCUT2D eigenvalue weighted by Crippen LogP contribution is 2.27. The van der Waals surface area contributed by atoms with Crippen molar-refractivity contribution in [3.8, 4) is 0 Å². The third-order valence-electron chi connectivity index (χ3n) is 6.03. The minimum atomic E-state index is -4.50. The molecule has 0 saturated carbocycles. The highest BCUT2D eigenvalue weighted by atomic mass is 32.2. The summed E-state index contributed by atoms with van der Waals surface area (Å²) in [6.07, 6.45) is -1.78. The quantitative estimate of drug-likeness (QED) is 0.486. The lowest BCUT2D eigenvalue weighted by Gasteiger charge is -2.38. The molecule has 2 aromatic rings. The van der Waals surface area contributed by atoms with Gasteiger partial charge in [0.25, 0.3) is 0 Å². The second-order valence-electron chi connectivity index (χ2n) is 9.11. The maximum absolute atomic E-state index is 13.6. The molecule has 1 aliphatic rings. The van der Waals surface area contributed by atoms with Crippen LogP contribution in [-0.2, 0) is 31.0 Å². The number of piperidine rings is 1. The summed E-state index contributed by atoms with van der Waals surface area (Å²) in [4.78, 5) is 26.5. The smallest absolute Gasteiger partial charge is 0.423 e. The number of rotatable bonds is 9. The summed E-state index contributed by atoms with van der Waals surface area (Å²) in [5.41, 5.74) is 1.10. The number of likely N-dealkylation sites (tertiary alicyclic amines) is 1. The minimum Gasteiger partial charge on any atom is -0.466 e. The summed E-state index contributed by atoms with van der Waals surface area (Å²) < 4.78 is 66.1. The van der Waals surface area contributed by atoms with E-state index in [1.54, 1.807) is 26.0 Å². The highest BCUT2D eigenvalue weighted by Gasteiger charge is 2.36. The van der Waals surface area contributed by atoms with Crippen molar-refractivity contribution >= 4 is 28.0 Å². The van der Waals surface area contributed by atoms with Gasteiger partial charge in [-0.1, -0.05) is 26.0 Å². The molecule has 12 heteroatoms. The molecule has 0 unspecified atom stereocenters. The van der Waals surface area contributed by atoms with E-state index in [1.165, 1.54) is 24.3 Å². The van der Waals surface area contributed by atoms with Crippen molar-refractivity contribution in [2.24, 2.45) is 5.92 Å².